The summed E-state index contributed by atoms with van der Waals surface area (Å²) in [7, 11) is 0. The van der Waals surface area contributed by atoms with Gasteiger partial charge in [0.25, 0.3) is 0 Å². The van der Waals surface area contributed by atoms with E-state index in [0.717, 1.165) is 19.4 Å². The topological polar surface area (TPSA) is 50.7 Å². The fourth-order valence-corrected chi connectivity index (χ4v) is 1.29. The maximum Gasteiger partial charge on any atom is 0.158 e. The number of aliphatic hydroxyl groups is 1. The van der Waals surface area contributed by atoms with Gasteiger partial charge in [-0.25, -0.2) is 0 Å². The van der Waals surface area contributed by atoms with Crippen LogP contribution >= 0.6 is 0 Å². The van der Waals surface area contributed by atoms with Gasteiger partial charge in [0, 0.05) is 32.7 Å². The van der Waals surface area contributed by atoms with Crippen LogP contribution in [0.5, 0.6) is 0 Å². The lowest BCUT2D eigenvalue weighted by atomic mass is 10.0. The Morgan fingerprint density at radius 3 is 2.19 bits per heavy atom. The normalized spacial score (nSPS) is 15.4. The molecule has 0 aliphatic rings. The smallest absolute Gasteiger partial charge is 0.158 e. The van der Waals surface area contributed by atoms with Crippen molar-refractivity contribution >= 4 is 0 Å². The summed E-state index contributed by atoms with van der Waals surface area (Å²) in [6.07, 6.45) is 1.43. The van der Waals surface area contributed by atoms with Gasteiger partial charge in [0.1, 0.15) is 0 Å². The van der Waals surface area contributed by atoms with Crippen molar-refractivity contribution in [1.82, 2.24) is 5.32 Å². The van der Waals surface area contributed by atoms with E-state index in [1.807, 2.05) is 27.7 Å². The molecular weight excluding hydrogens is 206 g/mol. The summed E-state index contributed by atoms with van der Waals surface area (Å²) < 4.78 is 10.8. The average molecular weight is 233 g/mol. The molecule has 0 saturated carbocycles. The Morgan fingerprint density at radius 1 is 1.19 bits per heavy atom. The highest BCUT2D eigenvalue weighted by Crippen LogP contribution is 2.06. The summed E-state index contributed by atoms with van der Waals surface area (Å²) >= 11 is 0. The minimum Gasteiger partial charge on any atom is -0.389 e. The van der Waals surface area contributed by atoms with Gasteiger partial charge >= 0.3 is 0 Å². The average Bonchev–Trinajstić information content (AvgIpc) is 2.25. The molecule has 0 spiro atoms. The van der Waals surface area contributed by atoms with E-state index in [1.165, 1.54) is 0 Å². The highest BCUT2D eigenvalue weighted by molar-refractivity contribution is 4.72. The van der Waals surface area contributed by atoms with Crippen LogP contribution in [0.3, 0.4) is 0 Å². The van der Waals surface area contributed by atoms with Crippen molar-refractivity contribution in [2.75, 3.05) is 26.3 Å². The van der Waals surface area contributed by atoms with E-state index >= 15 is 0 Å². The minimum absolute atomic E-state index is 0.130. The number of ether oxygens (including phenoxy) is 2. The lowest BCUT2D eigenvalue weighted by Gasteiger charge is -2.23. The molecule has 0 bridgehead atoms. The molecule has 0 aromatic heterocycles. The van der Waals surface area contributed by atoms with Crippen molar-refractivity contribution in [2.24, 2.45) is 0 Å². The Balaban J connectivity index is 3.61. The number of nitrogens with one attached hydrogen (secondary N) is 1. The van der Waals surface area contributed by atoms with Crippen LogP contribution in [0.1, 0.15) is 40.5 Å². The van der Waals surface area contributed by atoms with Crippen LogP contribution in [0.2, 0.25) is 0 Å². The van der Waals surface area contributed by atoms with Gasteiger partial charge in [-0.3, -0.25) is 0 Å². The van der Waals surface area contributed by atoms with Crippen molar-refractivity contribution < 1.29 is 14.6 Å². The van der Waals surface area contributed by atoms with Crippen molar-refractivity contribution in [3.63, 3.8) is 0 Å². The molecule has 1 atom stereocenters. The van der Waals surface area contributed by atoms with Crippen molar-refractivity contribution in [1.29, 1.82) is 0 Å². The molecule has 4 heteroatoms. The zero-order valence-corrected chi connectivity index (χ0v) is 11.1. The Kier molecular flexibility index (Phi) is 8.84. The summed E-state index contributed by atoms with van der Waals surface area (Å²) in [5, 5.41) is 13.0. The monoisotopic (exact) mass is 233 g/mol. The fourth-order valence-electron chi connectivity index (χ4n) is 1.29. The maximum absolute atomic E-state index is 9.77. The number of hydrogen-bond donors (Lipinski definition) is 2. The van der Waals surface area contributed by atoms with E-state index in [-0.39, 0.29) is 6.29 Å². The molecule has 0 aliphatic heterocycles. The molecule has 0 aromatic carbocycles. The van der Waals surface area contributed by atoms with Gasteiger partial charge in [0.15, 0.2) is 6.29 Å². The molecule has 0 heterocycles. The van der Waals surface area contributed by atoms with E-state index < -0.39 is 5.60 Å². The van der Waals surface area contributed by atoms with Crippen molar-refractivity contribution in [3.8, 4) is 0 Å². The molecule has 4 nitrogen and oxygen atoms in total. The number of rotatable bonds is 10. The predicted octanol–water partition coefficient (Wildman–Crippen LogP) is 1.53. The quantitative estimate of drug-likeness (QED) is 0.444. The molecule has 0 saturated heterocycles. The Bertz CT molecular complexity index is 156. The lowest BCUT2D eigenvalue weighted by molar-refractivity contribution is -0.138. The lowest BCUT2D eigenvalue weighted by Crippen LogP contribution is -2.38. The predicted molar refractivity (Wildman–Crippen MR) is 65.4 cm³/mol. The Hall–Kier alpha value is -0.160. The van der Waals surface area contributed by atoms with E-state index in [1.54, 1.807) is 0 Å². The minimum atomic E-state index is -0.618. The summed E-state index contributed by atoms with van der Waals surface area (Å²) in [5.41, 5.74) is -0.618. The van der Waals surface area contributed by atoms with E-state index in [9.17, 15) is 5.11 Å². The van der Waals surface area contributed by atoms with Gasteiger partial charge in [-0.1, -0.05) is 6.92 Å². The van der Waals surface area contributed by atoms with E-state index in [4.69, 9.17) is 9.47 Å². The molecule has 98 valence electrons. The molecule has 0 amide bonds. The first-order valence-electron chi connectivity index (χ1n) is 6.22. The van der Waals surface area contributed by atoms with Gasteiger partial charge in [0.05, 0.1) is 5.60 Å². The third kappa shape index (κ3) is 8.05. The molecule has 0 aliphatic carbocycles. The first kappa shape index (κ1) is 15.8. The molecular formula is C12H27NO3. The van der Waals surface area contributed by atoms with Crippen molar-refractivity contribution in [3.05, 3.63) is 0 Å². The highest BCUT2D eigenvalue weighted by atomic mass is 16.7. The zero-order chi connectivity index (χ0) is 12.4. The third-order valence-corrected chi connectivity index (χ3v) is 2.53. The van der Waals surface area contributed by atoms with Crippen molar-refractivity contribution in [2.45, 2.75) is 52.4 Å². The van der Waals surface area contributed by atoms with Gasteiger partial charge in [-0.15, -0.1) is 0 Å². The summed E-state index contributed by atoms with van der Waals surface area (Å²) in [6, 6.07) is 0. The Morgan fingerprint density at radius 2 is 1.75 bits per heavy atom. The molecule has 16 heavy (non-hydrogen) atoms. The van der Waals surface area contributed by atoms with Gasteiger partial charge in [0.2, 0.25) is 0 Å². The van der Waals surface area contributed by atoms with Crippen LogP contribution < -0.4 is 5.32 Å². The molecule has 0 rings (SSSR count). The van der Waals surface area contributed by atoms with Gasteiger partial charge in [-0.05, 0) is 27.2 Å². The molecule has 2 N–H and O–H groups in total. The Labute approximate surface area is 99.3 Å². The SMILES string of the molecule is CCOC(CCNCC(C)(O)CC)OCC. The molecule has 0 aromatic rings. The van der Waals surface area contributed by atoms with Crippen LogP contribution in [0.15, 0.2) is 0 Å². The zero-order valence-electron chi connectivity index (χ0n) is 11.1. The summed E-state index contributed by atoms with van der Waals surface area (Å²) in [5.74, 6) is 0. The van der Waals surface area contributed by atoms with E-state index in [0.29, 0.717) is 19.8 Å². The van der Waals surface area contributed by atoms with Crippen LogP contribution in [-0.4, -0.2) is 43.3 Å². The molecule has 0 radical (unpaired) electrons. The van der Waals surface area contributed by atoms with Gasteiger partial charge in [-0.2, -0.15) is 0 Å². The number of hydrogen-bond acceptors (Lipinski definition) is 4. The highest BCUT2D eigenvalue weighted by Gasteiger charge is 2.16. The second kappa shape index (κ2) is 8.93. The maximum atomic E-state index is 9.77. The van der Waals surface area contributed by atoms with Crippen LogP contribution in [-0.2, 0) is 9.47 Å². The van der Waals surface area contributed by atoms with Crippen LogP contribution in [0, 0.1) is 0 Å². The molecule has 0 fully saturated rings. The second-order valence-electron chi connectivity index (χ2n) is 4.16. The second-order valence-corrected chi connectivity index (χ2v) is 4.16. The summed E-state index contributed by atoms with van der Waals surface area (Å²) in [6.45, 7) is 10.5. The fraction of sp³-hybridized carbons (Fsp3) is 1.00. The van der Waals surface area contributed by atoms with E-state index in [2.05, 4.69) is 5.32 Å². The van der Waals surface area contributed by atoms with Gasteiger partial charge < -0.3 is 19.9 Å². The van der Waals surface area contributed by atoms with Crippen LogP contribution in [0.4, 0.5) is 0 Å². The first-order chi connectivity index (χ1) is 7.55. The summed E-state index contributed by atoms with van der Waals surface area (Å²) in [4.78, 5) is 0. The molecule has 1 unspecified atom stereocenters. The largest absolute Gasteiger partial charge is 0.389 e. The van der Waals surface area contributed by atoms with Crippen LogP contribution in [0.25, 0.3) is 0 Å². The standard InChI is InChI=1S/C12H27NO3/c1-5-12(4,14)10-13-9-8-11(15-6-2)16-7-3/h11,13-14H,5-10H2,1-4H3. The third-order valence-electron chi connectivity index (χ3n) is 2.53. The first-order valence-corrected chi connectivity index (χ1v) is 6.22.